The van der Waals surface area contributed by atoms with Crippen LogP contribution < -0.4 is 16.8 Å². The van der Waals surface area contributed by atoms with E-state index < -0.39 is 0 Å². The lowest BCUT2D eigenvalue weighted by Crippen LogP contribution is -2.21. The van der Waals surface area contributed by atoms with Crippen molar-refractivity contribution in [2.45, 2.75) is 25.8 Å². The number of unbranched alkanes of at least 4 members (excludes halogenated alkanes) is 2. The van der Waals surface area contributed by atoms with Crippen molar-refractivity contribution < 1.29 is 0 Å². The van der Waals surface area contributed by atoms with E-state index >= 15 is 0 Å². The smallest absolute Gasteiger partial charge is 0.165 e. The minimum absolute atomic E-state index is 0.429. The summed E-state index contributed by atoms with van der Waals surface area (Å²) in [5.41, 5.74) is 12.6. The normalized spacial score (nSPS) is 11.2. The molecule has 104 valence electrons. The molecule has 19 heavy (non-hydrogen) atoms. The second kappa shape index (κ2) is 7.01. The molecule has 0 saturated heterocycles. The number of aromatic nitrogens is 4. The van der Waals surface area contributed by atoms with Crippen molar-refractivity contribution in [3.63, 3.8) is 0 Å². The highest BCUT2D eigenvalue weighted by Gasteiger charge is 2.06. The molecule has 5 N–H and O–H groups in total. The molecule has 2 rings (SSSR count). The molecule has 2 heterocycles. The first-order chi connectivity index (χ1) is 9.33. The van der Waals surface area contributed by atoms with Crippen molar-refractivity contribution in [1.29, 1.82) is 0 Å². The molecule has 0 bridgehead atoms. The fourth-order valence-corrected chi connectivity index (χ4v) is 1.96. The zero-order chi connectivity index (χ0) is 13.5. The topological polar surface area (TPSA) is 108 Å². The van der Waals surface area contributed by atoms with Crippen LogP contribution in [0.3, 0.4) is 0 Å². The first-order valence-electron chi connectivity index (χ1n) is 6.65. The van der Waals surface area contributed by atoms with Crippen LogP contribution in [-0.2, 0) is 6.54 Å². The summed E-state index contributed by atoms with van der Waals surface area (Å²) < 4.78 is 1.99. The molecule has 0 aliphatic rings. The maximum atomic E-state index is 5.74. The number of anilines is 1. The molecule has 0 aliphatic carbocycles. The molecule has 7 heteroatoms. The summed E-state index contributed by atoms with van der Waals surface area (Å²) in [5, 5.41) is 3.40. The maximum absolute atomic E-state index is 5.74. The first kappa shape index (κ1) is 13.7. The van der Waals surface area contributed by atoms with Gasteiger partial charge in [0, 0.05) is 13.1 Å². The summed E-state index contributed by atoms with van der Waals surface area (Å²) in [5.74, 6) is 0.429. The van der Waals surface area contributed by atoms with Gasteiger partial charge in [-0.3, -0.25) is 0 Å². The minimum Gasteiger partial charge on any atom is -0.382 e. The van der Waals surface area contributed by atoms with Gasteiger partial charge in [-0.15, -0.1) is 0 Å². The number of imidazole rings is 1. The Labute approximate surface area is 112 Å². The lowest BCUT2D eigenvalue weighted by atomic mass is 10.2. The van der Waals surface area contributed by atoms with Crippen LogP contribution in [0, 0.1) is 0 Å². The average Bonchev–Trinajstić information content (AvgIpc) is 2.83. The fraction of sp³-hybridized carbons (Fsp3) is 0.583. The average molecular weight is 263 g/mol. The Balaban J connectivity index is 1.77. The minimum atomic E-state index is 0.429. The molecule has 7 nitrogen and oxygen atoms in total. The Morgan fingerprint density at radius 3 is 2.84 bits per heavy atom. The van der Waals surface area contributed by atoms with Gasteiger partial charge in [0.25, 0.3) is 0 Å². The molecule has 0 aliphatic heterocycles. The van der Waals surface area contributed by atoms with E-state index in [1.165, 1.54) is 12.7 Å². The van der Waals surface area contributed by atoms with E-state index in [4.69, 9.17) is 11.5 Å². The summed E-state index contributed by atoms with van der Waals surface area (Å²) in [4.78, 5) is 12.4. The SMILES string of the molecule is NCCCCCNCCn1cnc2c(N)ncnc21. The standard InChI is InChI=1S/C12H21N7/c13-4-2-1-3-5-15-6-7-19-9-18-10-11(14)16-8-17-12(10)19/h8-9,15H,1-7,13H2,(H2,14,16,17). The van der Waals surface area contributed by atoms with E-state index in [1.54, 1.807) is 6.33 Å². The molecule has 0 spiro atoms. The highest BCUT2D eigenvalue weighted by molar-refractivity contribution is 5.80. The molecule has 0 fully saturated rings. The largest absolute Gasteiger partial charge is 0.382 e. The molecular formula is C12H21N7. The number of nitrogens with two attached hydrogens (primary N) is 2. The van der Waals surface area contributed by atoms with E-state index in [1.807, 2.05) is 4.57 Å². The molecular weight excluding hydrogens is 242 g/mol. The van der Waals surface area contributed by atoms with Crippen LogP contribution in [0.2, 0.25) is 0 Å². The van der Waals surface area contributed by atoms with Crippen molar-refractivity contribution in [2.24, 2.45) is 5.73 Å². The Bertz CT molecular complexity index is 508. The van der Waals surface area contributed by atoms with Gasteiger partial charge in [-0.25, -0.2) is 15.0 Å². The van der Waals surface area contributed by atoms with Crippen molar-refractivity contribution in [3.8, 4) is 0 Å². The summed E-state index contributed by atoms with van der Waals surface area (Å²) >= 11 is 0. The monoisotopic (exact) mass is 263 g/mol. The molecule has 0 atom stereocenters. The summed E-state index contributed by atoms with van der Waals surface area (Å²) in [6.45, 7) is 3.51. The third-order valence-electron chi connectivity index (χ3n) is 3.02. The highest BCUT2D eigenvalue weighted by Crippen LogP contribution is 2.13. The Hall–Kier alpha value is -1.73. The van der Waals surface area contributed by atoms with Gasteiger partial charge >= 0.3 is 0 Å². The second-order valence-corrected chi connectivity index (χ2v) is 4.47. The zero-order valence-corrected chi connectivity index (χ0v) is 11.0. The van der Waals surface area contributed by atoms with Crippen LogP contribution in [-0.4, -0.2) is 39.2 Å². The van der Waals surface area contributed by atoms with Crippen molar-refractivity contribution >= 4 is 17.0 Å². The van der Waals surface area contributed by atoms with Gasteiger partial charge < -0.3 is 21.4 Å². The zero-order valence-electron chi connectivity index (χ0n) is 11.0. The number of hydrogen-bond donors (Lipinski definition) is 3. The number of nitrogen functional groups attached to an aromatic ring is 1. The fourth-order valence-electron chi connectivity index (χ4n) is 1.96. The number of fused-ring (bicyclic) bond motifs is 1. The quantitative estimate of drug-likeness (QED) is 0.584. The van der Waals surface area contributed by atoms with Crippen LogP contribution >= 0.6 is 0 Å². The van der Waals surface area contributed by atoms with Gasteiger partial charge in [0.1, 0.15) is 11.8 Å². The van der Waals surface area contributed by atoms with Gasteiger partial charge in [-0.2, -0.15) is 0 Å². The number of rotatable bonds is 8. The van der Waals surface area contributed by atoms with Gasteiger partial charge in [-0.1, -0.05) is 6.42 Å². The Morgan fingerprint density at radius 2 is 2.00 bits per heavy atom. The Kier molecular flexibility index (Phi) is 5.05. The summed E-state index contributed by atoms with van der Waals surface area (Å²) in [6, 6.07) is 0. The molecule has 2 aromatic rings. The molecule has 0 aromatic carbocycles. The predicted molar refractivity (Wildman–Crippen MR) is 75.5 cm³/mol. The van der Waals surface area contributed by atoms with Crippen LogP contribution in [0.5, 0.6) is 0 Å². The van der Waals surface area contributed by atoms with Crippen molar-refractivity contribution in [1.82, 2.24) is 24.8 Å². The first-order valence-corrected chi connectivity index (χ1v) is 6.65. The third kappa shape index (κ3) is 3.62. The van der Waals surface area contributed by atoms with Gasteiger partial charge in [-0.05, 0) is 25.9 Å². The molecule has 0 radical (unpaired) electrons. The van der Waals surface area contributed by atoms with E-state index in [2.05, 4.69) is 20.3 Å². The molecule has 2 aromatic heterocycles. The van der Waals surface area contributed by atoms with Crippen LogP contribution in [0.1, 0.15) is 19.3 Å². The lowest BCUT2D eigenvalue weighted by molar-refractivity contribution is 0.569. The predicted octanol–water partition coefficient (Wildman–Crippen LogP) is 0.127. The van der Waals surface area contributed by atoms with Crippen molar-refractivity contribution in [2.75, 3.05) is 25.4 Å². The van der Waals surface area contributed by atoms with E-state index in [0.29, 0.717) is 11.3 Å². The lowest BCUT2D eigenvalue weighted by Gasteiger charge is -2.06. The number of nitrogens with one attached hydrogen (secondary N) is 1. The van der Waals surface area contributed by atoms with Gasteiger partial charge in [0.05, 0.1) is 6.33 Å². The second-order valence-electron chi connectivity index (χ2n) is 4.47. The molecule has 0 unspecified atom stereocenters. The van der Waals surface area contributed by atoms with E-state index in [9.17, 15) is 0 Å². The van der Waals surface area contributed by atoms with Crippen LogP contribution in [0.4, 0.5) is 5.82 Å². The van der Waals surface area contributed by atoms with Gasteiger partial charge in [0.2, 0.25) is 0 Å². The van der Waals surface area contributed by atoms with Gasteiger partial charge in [0.15, 0.2) is 11.5 Å². The highest BCUT2D eigenvalue weighted by atomic mass is 15.1. The van der Waals surface area contributed by atoms with E-state index in [-0.39, 0.29) is 0 Å². The number of nitrogens with zero attached hydrogens (tertiary/aromatic N) is 4. The third-order valence-corrected chi connectivity index (χ3v) is 3.02. The molecule has 0 saturated carbocycles. The summed E-state index contributed by atoms with van der Waals surface area (Å²) in [7, 11) is 0. The van der Waals surface area contributed by atoms with Crippen LogP contribution in [0.25, 0.3) is 11.2 Å². The van der Waals surface area contributed by atoms with E-state index in [0.717, 1.165) is 44.7 Å². The van der Waals surface area contributed by atoms with Crippen LogP contribution in [0.15, 0.2) is 12.7 Å². The molecule has 0 amide bonds. The summed E-state index contributed by atoms with van der Waals surface area (Å²) in [6.07, 6.45) is 6.67. The maximum Gasteiger partial charge on any atom is 0.165 e. The Morgan fingerprint density at radius 1 is 1.11 bits per heavy atom. The number of hydrogen-bond acceptors (Lipinski definition) is 6. The van der Waals surface area contributed by atoms with Crippen molar-refractivity contribution in [3.05, 3.63) is 12.7 Å².